The van der Waals surface area contributed by atoms with Crippen LogP contribution in [-0.4, -0.2) is 5.78 Å². The standard InChI is InChI=1S/C13H11BrOS/c1-9-7-16-8-12(9)13(15)6-10-3-2-4-11(14)5-10/h2-5,7-8H,6H2,1H3. The van der Waals surface area contributed by atoms with Crippen molar-refractivity contribution >= 4 is 33.0 Å². The molecule has 0 amide bonds. The number of benzene rings is 1. The summed E-state index contributed by atoms with van der Waals surface area (Å²) in [6.07, 6.45) is 0.469. The molecule has 0 fully saturated rings. The third-order valence-electron chi connectivity index (χ3n) is 2.41. The number of thiophene rings is 1. The van der Waals surface area contributed by atoms with Crippen LogP contribution in [0.4, 0.5) is 0 Å². The fraction of sp³-hybridized carbons (Fsp3) is 0.154. The van der Waals surface area contributed by atoms with Crippen molar-refractivity contribution in [2.75, 3.05) is 0 Å². The Morgan fingerprint density at radius 1 is 1.38 bits per heavy atom. The van der Waals surface area contributed by atoms with Crippen LogP contribution in [0.5, 0.6) is 0 Å². The van der Waals surface area contributed by atoms with Gasteiger partial charge in [-0.25, -0.2) is 0 Å². The van der Waals surface area contributed by atoms with E-state index in [0.717, 1.165) is 21.2 Å². The van der Waals surface area contributed by atoms with Gasteiger partial charge in [0, 0.05) is 21.8 Å². The topological polar surface area (TPSA) is 17.1 Å². The van der Waals surface area contributed by atoms with Gasteiger partial charge in [-0.1, -0.05) is 28.1 Å². The van der Waals surface area contributed by atoms with E-state index in [0.29, 0.717) is 6.42 Å². The van der Waals surface area contributed by atoms with Crippen LogP contribution < -0.4 is 0 Å². The van der Waals surface area contributed by atoms with E-state index >= 15 is 0 Å². The van der Waals surface area contributed by atoms with Crippen LogP contribution >= 0.6 is 27.3 Å². The second kappa shape index (κ2) is 4.93. The Hall–Kier alpha value is -0.930. The first-order valence-electron chi connectivity index (χ1n) is 4.97. The Kier molecular flexibility index (Phi) is 3.56. The van der Waals surface area contributed by atoms with Gasteiger partial charge in [-0.3, -0.25) is 4.79 Å². The molecule has 16 heavy (non-hydrogen) atoms. The molecule has 1 aromatic carbocycles. The molecular formula is C13H11BrOS. The van der Waals surface area contributed by atoms with Gasteiger partial charge in [-0.05, 0) is 35.6 Å². The average Bonchev–Trinajstić information content (AvgIpc) is 2.64. The first kappa shape index (κ1) is 11.6. The fourth-order valence-electron chi connectivity index (χ4n) is 1.57. The van der Waals surface area contributed by atoms with Gasteiger partial charge in [0.2, 0.25) is 0 Å². The van der Waals surface area contributed by atoms with Crippen molar-refractivity contribution in [3.8, 4) is 0 Å². The number of ketones is 1. The first-order chi connectivity index (χ1) is 7.66. The molecule has 1 heterocycles. The second-order valence-corrected chi connectivity index (χ2v) is 5.36. The summed E-state index contributed by atoms with van der Waals surface area (Å²) in [5.41, 5.74) is 2.97. The quantitative estimate of drug-likeness (QED) is 0.774. The summed E-state index contributed by atoms with van der Waals surface area (Å²) in [6.45, 7) is 1.98. The van der Waals surface area contributed by atoms with Crippen molar-refractivity contribution in [2.45, 2.75) is 13.3 Å². The molecule has 3 heteroatoms. The maximum absolute atomic E-state index is 12.0. The molecule has 0 aliphatic heterocycles. The van der Waals surface area contributed by atoms with Crippen LogP contribution in [0.1, 0.15) is 21.5 Å². The lowest BCUT2D eigenvalue weighted by Gasteiger charge is -2.01. The third kappa shape index (κ3) is 2.60. The number of halogens is 1. The SMILES string of the molecule is Cc1cscc1C(=O)Cc1cccc(Br)c1. The second-order valence-electron chi connectivity index (χ2n) is 3.70. The maximum Gasteiger partial charge on any atom is 0.168 e. The number of carbonyl (C=O) groups is 1. The zero-order chi connectivity index (χ0) is 11.5. The summed E-state index contributed by atoms with van der Waals surface area (Å²) in [7, 11) is 0. The van der Waals surface area contributed by atoms with E-state index in [-0.39, 0.29) is 5.78 Å². The normalized spacial score (nSPS) is 10.4. The Labute approximate surface area is 107 Å². The van der Waals surface area contributed by atoms with E-state index in [1.807, 2.05) is 41.9 Å². The van der Waals surface area contributed by atoms with E-state index in [4.69, 9.17) is 0 Å². The lowest BCUT2D eigenvalue weighted by atomic mass is 10.0. The van der Waals surface area contributed by atoms with Crippen LogP contribution in [0.25, 0.3) is 0 Å². The molecule has 2 aromatic rings. The molecule has 0 aliphatic carbocycles. The van der Waals surface area contributed by atoms with E-state index < -0.39 is 0 Å². The molecule has 82 valence electrons. The number of Topliss-reactive ketones (excluding diaryl/α,β-unsaturated/α-hetero) is 1. The molecule has 1 nitrogen and oxygen atoms in total. The largest absolute Gasteiger partial charge is 0.294 e. The van der Waals surface area contributed by atoms with Crippen LogP contribution in [0, 0.1) is 6.92 Å². The van der Waals surface area contributed by atoms with Crippen molar-refractivity contribution < 1.29 is 4.79 Å². The lowest BCUT2D eigenvalue weighted by Crippen LogP contribution is -2.03. The van der Waals surface area contributed by atoms with Crippen LogP contribution in [0.2, 0.25) is 0 Å². The smallest absolute Gasteiger partial charge is 0.168 e. The summed E-state index contributed by atoms with van der Waals surface area (Å²) in [6, 6.07) is 7.88. The highest BCUT2D eigenvalue weighted by Gasteiger charge is 2.10. The average molecular weight is 295 g/mol. The molecule has 0 radical (unpaired) electrons. The zero-order valence-corrected chi connectivity index (χ0v) is 11.3. The zero-order valence-electron chi connectivity index (χ0n) is 8.87. The summed E-state index contributed by atoms with van der Waals surface area (Å²) >= 11 is 4.98. The Balaban J connectivity index is 2.17. The van der Waals surface area contributed by atoms with Crippen molar-refractivity contribution in [3.63, 3.8) is 0 Å². The Bertz CT molecular complexity index is 516. The monoisotopic (exact) mass is 294 g/mol. The van der Waals surface area contributed by atoms with Gasteiger partial charge < -0.3 is 0 Å². The first-order valence-corrected chi connectivity index (χ1v) is 6.71. The third-order valence-corrected chi connectivity index (χ3v) is 3.76. The molecular weight excluding hydrogens is 284 g/mol. The fourth-order valence-corrected chi connectivity index (χ4v) is 2.87. The molecule has 0 atom stereocenters. The highest BCUT2D eigenvalue weighted by molar-refractivity contribution is 9.10. The number of hydrogen-bond acceptors (Lipinski definition) is 2. The van der Waals surface area contributed by atoms with Crippen LogP contribution in [0.15, 0.2) is 39.5 Å². The summed E-state index contributed by atoms with van der Waals surface area (Å²) in [5, 5.41) is 3.93. The minimum atomic E-state index is 0.192. The van der Waals surface area contributed by atoms with E-state index in [1.165, 1.54) is 0 Å². The molecule has 0 spiro atoms. The molecule has 0 N–H and O–H groups in total. The van der Waals surface area contributed by atoms with Gasteiger partial charge in [0.15, 0.2) is 5.78 Å². The lowest BCUT2D eigenvalue weighted by molar-refractivity contribution is 0.0993. The summed E-state index contributed by atoms with van der Waals surface area (Å²) in [5.74, 6) is 0.192. The molecule has 0 saturated carbocycles. The van der Waals surface area contributed by atoms with Gasteiger partial charge in [0.25, 0.3) is 0 Å². The van der Waals surface area contributed by atoms with E-state index in [9.17, 15) is 4.79 Å². The molecule has 1 aromatic heterocycles. The Morgan fingerprint density at radius 3 is 2.81 bits per heavy atom. The molecule has 0 aliphatic rings. The van der Waals surface area contributed by atoms with Gasteiger partial charge in [-0.2, -0.15) is 11.3 Å². The highest BCUT2D eigenvalue weighted by atomic mass is 79.9. The highest BCUT2D eigenvalue weighted by Crippen LogP contribution is 2.18. The molecule has 0 unspecified atom stereocenters. The minimum absolute atomic E-state index is 0.192. The Morgan fingerprint density at radius 2 is 2.19 bits per heavy atom. The minimum Gasteiger partial charge on any atom is -0.294 e. The number of hydrogen-bond donors (Lipinski definition) is 0. The van der Waals surface area contributed by atoms with E-state index in [1.54, 1.807) is 11.3 Å². The van der Waals surface area contributed by atoms with Crippen molar-refractivity contribution in [1.82, 2.24) is 0 Å². The predicted molar refractivity (Wildman–Crippen MR) is 71.2 cm³/mol. The van der Waals surface area contributed by atoms with Crippen molar-refractivity contribution in [3.05, 3.63) is 56.2 Å². The summed E-state index contributed by atoms with van der Waals surface area (Å²) < 4.78 is 1.01. The van der Waals surface area contributed by atoms with Crippen LogP contribution in [0.3, 0.4) is 0 Å². The number of aryl methyl sites for hydroxylation is 1. The predicted octanol–water partition coefficient (Wildman–Crippen LogP) is 4.24. The summed E-state index contributed by atoms with van der Waals surface area (Å²) in [4.78, 5) is 12.0. The number of rotatable bonds is 3. The van der Waals surface area contributed by atoms with Gasteiger partial charge >= 0.3 is 0 Å². The van der Waals surface area contributed by atoms with Crippen LogP contribution in [-0.2, 0) is 6.42 Å². The van der Waals surface area contributed by atoms with Crippen molar-refractivity contribution in [1.29, 1.82) is 0 Å². The maximum atomic E-state index is 12.0. The van der Waals surface area contributed by atoms with E-state index in [2.05, 4.69) is 15.9 Å². The van der Waals surface area contributed by atoms with Gasteiger partial charge in [0.1, 0.15) is 0 Å². The number of carbonyl (C=O) groups excluding carboxylic acids is 1. The van der Waals surface area contributed by atoms with Gasteiger partial charge in [-0.15, -0.1) is 0 Å². The van der Waals surface area contributed by atoms with Gasteiger partial charge in [0.05, 0.1) is 0 Å². The molecule has 0 bridgehead atoms. The van der Waals surface area contributed by atoms with Crippen molar-refractivity contribution in [2.24, 2.45) is 0 Å². The molecule has 2 rings (SSSR count). The molecule has 0 saturated heterocycles.